The summed E-state index contributed by atoms with van der Waals surface area (Å²) < 4.78 is 34.1. The van der Waals surface area contributed by atoms with E-state index in [4.69, 9.17) is 18.5 Å². The second-order valence-electron chi connectivity index (χ2n) is 16.8. The number of phosphoric ester groups is 1. The highest BCUT2D eigenvalue weighted by Crippen LogP contribution is 2.43. The molecule has 0 fully saturated rings. The van der Waals surface area contributed by atoms with E-state index < -0.39 is 32.5 Å². The minimum atomic E-state index is -4.45. The number of ether oxygens (including phenoxy) is 2. The molecular formula is C50H87NO9P+. The summed E-state index contributed by atoms with van der Waals surface area (Å²) >= 11 is 0. The zero-order chi connectivity index (χ0) is 45.1. The Morgan fingerprint density at radius 3 is 1.61 bits per heavy atom. The van der Waals surface area contributed by atoms with E-state index in [2.05, 4.69) is 62.5 Å². The van der Waals surface area contributed by atoms with Gasteiger partial charge in [0.25, 0.3) is 0 Å². The van der Waals surface area contributed by atoms with Crippen molar-refractivity contribution in [2.45, 2.75) is 180 Å². The van der Waals surface area contributed by atoms with Crippen LogP contribution in [0.4, 0.5) is 0 Å². The van der Waals surface area contributed by atoms with Crippen LogP contribution in [-0.2, 0) is 37.5 Å². The number of quaternary nitrogens is 1. The van der Waals surface area contributed by atoms with Gasteiger partial charge in [0, 0.05) is 19.3 Å². The summed E-state index contributed by atoms with van der Waals surface area (Å²) in [5.74, 6) is -1.18. The molecule has 11 heteroatoms. The van der Waals surface area contributed by atoms with Crippen LogP contribution in [0.25, 0.3) is 0 Å². The first kappa shape index (κ1) is 58.1. The van der Waals surface area contributed by atoms with Gasteiger partial charge in [0.15, 0.2) is 11.9 Å². The number of allylic oxidation sites excluding steroid dienone is 12. The summed E-state index contributed by atoms with van der Waals surface area (Å²) in [5.41, 5.74) is 0. The van der Waals surface area contributed by atoms with Crippen molar-refractivity contribution in [1.82, 2.24) is 0 Å². The normalized spacial score (nSPS) is 14.1. The molecule has 10 nitrogen and oxygen atoms in total. The van der Waals surface area contributed by atoms with E-state index in [9.17, 15) is 23.8 Å². The lowest BCUT2D eigenvalue weighted by molar-refractivity contribution is -0.870. The average Bonchev–Trinajstić information content (AvgIpc) is 3.21. The van der Waals surface area contributed by atoms with Gasteiger partial charge in [-0.05, 0) is 76.7 Å². The van der Waals surface area contributed by atoms with Gasteiger partial charge < -0.3 is 18.9 Å². The van der Waals surface area contributed by atoms with Crippen molar-refractivity contribution in [2.75, 3.05) is 47.5 Å². The standard InChI is InChI=1S/C50H86NO9P/c1-6-8-10-12-14-16-18-20-21-22-23-24-25-27-29-31-33-35-37-41-49(53)57-45-48(46-59-61(55,56)58-44-43-51(3,4)5)60-50(54)42-38-40-47(52)39-36-34-32-30-28-26-19-17-15-13-11-9-7-2/h14-17,20-21,26,28,32,34,36,39,48H,6-13,18-19,22-25,27,29-31,33,35,37-38,40-46H2,1-5H3/p+1/b16-14-,17-15-,21-20-,28-26-,34-32-,39-36+/t48-/m1/s1. The molecule has 0 amide bonds. The molecular weight excluding hydrogens is 790 g/mol. The summed E-state index contributed by atoms with van der Waals surface area (Å²) in [6.45, 7) is 4.07. The lowest BCUT2D eigenvalue weighted by atomic mass is 10.1. The van der Waals surface area contributed by atoms with Crippen molar-refractivity contribution in [2.24, 2.45) is 0 Å². The maximum absolute atomic E-state index is 12.7. The number of esters is 2. The first-order valence-corrected chi connectivity index (χ1v) is 25.1. The number of rotatable bonds is 42. The van der Waals surface area contributed by atoms with E-state index >= 15 is 0 Å². The Balaban J connectivity index is 4.50. The molecule has 0 aliphatic heterocycles. The smallest absolute Gasteiger partial charge is 0.462 e. The Kier molecular flexibility index (Phi) is 39.2. The number of unbranched alkanes of at least 4 members (excludes halogenated alkanes) is 15. The van der Waals surface area contributed by atoms with E-state index in [1.807, 2.05) is 33.3 Å². The number of carbonyl (C=O) groups is 3. The molecule has 0 spiro atoms. The third kappa shape index (κ3) is 45.0. The van der Waals surface area contributed by atoms with E-state index in [0.717, 1.165) is 51.4 Å². The van der Waals surface area contributed by atoms with E-state index in [0.29, 0.717) is 17.4 Å². The molecule has 350 valence electrons. The average molecular weight is 877 g/mol. The predicted molar refractivity (Wildman–Crippen MR) is 252 cm³/mol. The van der Waals surface area contributed by atoms with Crippen molar-refractivity contribution in [3.63, 3.8) is 0 Å². The van der Waals surface area contributed by atoms with Crippen LogP contribution in [0.2, 0.25) is 0 Å². The Hall–Kier alpha value is -2.88. The second kappa shape index (κ2) is 41.1. The number of carbonyl (C=O) groups excluding carboxylic acids is 3. The maximum atomic E-state index is 12.7. The van der Waals surface area contributed by atoms with Crippen LogP contribution in [-0.4, -0.2) is 80.7 Å². The number of hydrogen-bond acceptors (Lipinski definition) is 8. The molecule has 1 unspecified atom stereocenters. The molecule has 61 heavy (non-hydrogen) atoms. The third-order valence-electron chi connectivity index (χ3n) is 9.69. The zero-order valence-corrected chi connectivity index (χ0v) is 40.0. The summed E-state index contributed by atoms with van der Waals surface area (Å²) in [4.78, 5) is 47.7. The molecule has 0 aromatic heterocycles. The topological polar surface area (TPSA) is 125 Å². The highest BCUT2D eigenvalue weighted by molar-refractivity contribution is 7.47. The quantitative estimate of drug-likeness (QED) is 0.0121. The molecule has 0 aromatic rings. The van der Waals surface area contributed by atoms with E-state index in [1.165, 1.54) is 83.1 Å². The second-order valence-corrected chi connectivity index (χ2v) is 18.3. The van der Waals surface area contributed by atoms with Gasteiger partial charge in [-0.2, -0.15) is 0 Å². The highest BCUT2D eigenvalue weighted by Gasteiger charge is 2.27. The molecule has 2 atom stereocenters. The fourth-order valence-corrected chi connectivity index (χ4v) is 6.68. The molecule has 0 aromatic carbocycles. The van der Waals surface area contributed by atoms with Crippen molar-refractivity contribution < 1.29 is 46.8 Å². The van der Waals surface area contributed by atoms with Gasteiger partial charge in [-0.1, -0.05) is 151 Å². The molecule has 1 N–H and O–H groups in total. The molecule has 0 heterocycles. The largest absolute Gasteiger partial charge is 0.472 e. The van der Waals surface area contributed by atoms with Gasteiger partial charge in [-0.15, -0.1) is 0 Å². The first-order chi connectivity index (χ1) is 29.4. The Bertz CT molecular complexity index is 1330. The van der Waals surface area contributed by atoms with Crippen molar-refractivity contribution in [3.05, 3.63) is 72.9 Å². The van der Waals surface area contributed by atoms with Crippen molar-refractivity contribution in [1.29, 1.82) is 0 Å². The van der Waals surface area contributed by atoms with Crippen LogP contribution in [0, 0.1) is 0 Å². The van der Waals surface area contributed by atoms with Gasteiger partial charge in [-0.3, -0.25) is 23.4 Å². The molecule has 0 saturated carbocycles. The van der Waals surface area contributed by atoms with Crippen LogP contribution in [0.1, 0.15) is 174 Å². The first-order valence-electron chi connectivity index (χ1n) is 23.6. The summed E-state index contributed by atoms with van der Waals surface area (Å²) in [5, 5.41) is 0. The maximum Gasteiger partial charge on any atom is 0.472 e. The van der Waals surface area contributed by atoms with Crippen molar-refractivity contribution >= 4 is 25.5 Å². The van der Waals surface area contributed by atoms with Crippen molar-refractivity contribution in [3.8, 4) is 0 Å². The summed E-state index contributed by atoms with van der Waals surface area (Å²) in [6.07, 6.45) is 48.1. The van der Waals surface area contributed by atoms with Gasteiger partial charge in [-0.25, -0.2) is 4.57 Å². The van der Waals surface area contributed by atoms with Crippen LogP contribution >= 0.6 is 7.82 Å². The highest BCUT2D eigenvalue weighted by atomic mass is 31.2. The fraction of sp³-hybridized carbons (Fsp3) is 0.700. The van der Waals surface area contributed by atoms with Gasteiger partial charge in [0.1, 0.15) is 19.8 Å². The van der Waals surface area contributed by atoms with Gasteiger partial charge in [0.05, 0.1) is 27.7 Å². The van der Waals surface area contributed by atoms with Crippen LogP contribution < -0.4 is 0 Å². The molecule has 0 radical (unpaired) electrons. The van der Waals surface area contributed by atoms with Gasteiger partial charge >= 0.3 is 19.8 Å². The summed E-state index contributed by atoms with van der Waals surface area (Å²) in [7, 11) is 1.32. The zero-order valence-electron chi connectivity index (χ0n) is 39.1. The monoisotopic (exact) mass is 877 g/mol. The lowest BCUT2D eigenvalue weighted by Crippen LogP contribution is -2.37. The number of hydrogen-bond donors (Lipinski definition) is 1. The van der Waals surface area contributed by atoms with E-state index in [-0.39, 0.29) is 44.7 Å². The third-order valence-corrected chi connectivity index (χ3v) is 10.7. The Morgan fingerprint density at radius 2 is 1.05 bits per heavy atom. The minimum absolute atomic E-state index is 0.0151. The van der Waals surface area contributed by atoms with Gasteiger partial charge in [0.2, 0.25) is 0 Å². The van der Waals surface area contributed by atoms with E-state index in [1.54, 1.807) is 6.08 Å². The SMILES string of the molecule is CCCCC/C=C\C/C=C\C/C=C\C=C\C(=O)CCCC(=O)O[C@H](COC(=O)CCCCCCCCCCC/C=C\C/C=C\CCCCC)COP(=O)(O)OCC[N+](C)(C)C. The number of nitrogens with zero attached hydrogens (tertiary/aromatic N) is 1. The number of likely N-dealkylation sites (N-methyl/N-ethyl adjacent to an activating group) is 1. The molecule has 0 saturated heterocycles. The predicted octanol–water partition coefficient (Wildman–Crippen LogP) is 13.0. The Morgan fingerprint density at radius 1 is 0.557 bits per heavy atom. The van der Waals surface area contributed by atoms with Crippen LogP contribution in [0.5, 0.6) is 0 Å². The van der Waals surface area contributed by atoms with Crippen LogP contribution in [0.3, 0.4) is 0 Å². The molecule has 0 rings (SSSR count). The number of ketones is 1. The Labute approximate surface area is 372 Å². The van der Waals surface area contributed by atoms with Crippen LogP contribution in [0.15, 0.2) is 72.9 Å². The molecule has 0 aliphatic carbocycles. The molecule has 0 bridgehead atoms. The lowest BCUT2D eigenvalue weighted by Gasteiger charge is -2.24. The summed E-state index contributed by atoms with van der Waals surface area (Å²) in [6, 6.07) is 0. The number of phosphoric acid groups is 1. The fourth-order valence-electron chi connectivity index (χ4n) is 5.94. The molecule has 0 aliphatic rings. The minimum Gasteiger partial charge on any atom is -0.462 e.